The first-order valence-electron chi connectivity index (χ1n) is 6.20. The Labute approximate surface area is 120 Å². The van der Waals surface area contributed by atoms with Crippen LogP contribution in [0.3, 0.4) is 0 Å². The number of halogens is 1. The minimum atomic E-state index is -0.294. The molecule has 2 rings (SSSR count). The highest BCUT2D eigenvalue weighted by Gasteiger charge is 2.21. The van der Waals surface area contributed by atoms with Crippen molar-refractivity contribution in [2.24, 2.45) is 5.92 Å². The first kappa shape index (κ1) is 13.9. The third-order valence-corrected chi connectivity index (χ3v) is 3.31. The molecule has 0 spiro atoms. The van der Waals surface area contributed by atoms with Gasteiger partial charge in [0.25, 0.3) is 0 Å². The Bertz CT molecular complexity index is 457. The van der Waals surface area contributed by atoms with Gasteiger partial charge in [-0.15, -0.1) is 0 Å². The van der Waals surface area contributed by atoms with E-state index in [4.69, 9.17) is 0 Å². The summed E-state index contributed by atoms with van der Waals surface area (Å²) in [6.45, 7) is 0.659. The molecule has 1 aromatic rings. The lowest BCUT2D eigenvalue weighted by Gasteiger charge is -2.08. The predicted octanol–water partition coefficient (Wildman–Crippen LogP) is 2.10. The molecule has 102 valence electrons. The molecule has 0 heterocycles. The Kier molecular flexibility index (Phi) is 4.79. The van der Waals surface area contributed by atoms with Crippen LogP contribution in [0.2, 0.25) is 0 Å². The normalized spacial score (nSPS) is 13.7. The number of rotatable bonds is 5. The van der Waals surface area contributed by atoms with Gasteiger partial charge >= 0.3 is 6.03 Å². The fourth-order valence-electron chi connectivity index (χ4n) is 1.52. The van der Waals surface area contributed by atoms with Crippen LogP contribution in [0.5, 0.6) is 0 Å². The molecule has 19 heavy (non-hydrogen) atoms. The Balaban J connectivity index is 1.65. The summed E-state index contributed by atoms with van der Waals surface area (Å²) in [5.41, 5.74) is 0.702. The SMILES string of the molecule is O=C(CNC(=O)NCC1CC1)Nc1ccc(Br)cc1. The zero-order valence-corrected chi connectivity index (χ0v) is 12.0. The van der Waals surface area contributed by atoms with Crippen LogP contribution in [0.15, 0.2) is 28.7 Å². The third kappa shape index (κ3) is 5.30. The van der Waals surface area contributed by atoms with Gasteiger partial charge in [0.1, 0.15) is 0 Å². The smallest absolute Gasteiger partial charge is 0.315 e. The summed E-state index contributed by atoms with van der Waals surface area (Å²) in [5, 5.41) is 7.96. The van der Waals surface area contributed by atoms with Gasteiger partial charge in [0.2, 0.25) is 5.91 Å². The van der Waals surface area contributed by atoms with Gasteiger partial charge in [-0.2, -0.15) is 0 Å². The number of carbonyl (C=O) groups excluding carboxylic acids is 2. The largest absolute Gasteiger partial charge is 0.338 e. The van der Waals surface area contributed by atoms with Gasteiger partial charge in [-0.05, 0) is 43.0 Å². The fraction of sp³-hybridized carbons (Fsp3) is 0.385. The third-order valence-electron chi connectivity index (χ3n) is 2.79. The maximum atomic E-state index is 11.6. The summed E-state index contributed by atoms with van der Waals surface area (Å²) in [7, 11) is 0. The summed E-state index contributed by atoms with van der Waals surface area (Å²) in [6, 6.07) is 6.96. The summed E-state index contributed by atoms with van der Waals surface area (Å²) >= 11 is 3.32. The van der Waals surface area contributed by atoms with Crippen LogP contribution in [-0.4, -0.2) is 25.0 Å². The Morgan fingerprint density at radius 2 is 1.84 bits per heavy atom. The monoisotopic (exact) mass is 325 g/mol. The van der Waals surface area contributed by atoms with Crippen molar-refractivity contribution >= 4 is 33.6 Å². The van der Waals surface area contributed by atoms with E-state index in [-0.39, 0.29) is 18.5 Å². The molecule has 1 fully saturated rings. The fourth-order valence-corrected chi connectivity index (χ4v) is 1.78. The topological polar surface area (TPSA) is 70.2 Å². The van der Waals surface area contributed by atoms with E-state index < -0.39 is 0 Å². The molecular weight excluding hydrogens is 310 g/mol. The zero-order valence-electron chi connectivity index (χ0n) is 10.4. The van der Waals surface area contributed by atoms with Gasteiger partial charge in [0, 0.05) is 16.7 Å². The van der Waals surface area contributed by atoms with Gasteiger partial charge in [-0.1, -0.05) is 15.9 Å². The van der Waals surface area contributed by atoms with E-state index in [0.29, 0.717) is 18.2 Å². The first-order valence-corrected chi connectivity index (χ1v) is 7.00. The highest BCUT2D eigenvalue weighted by Crippen LogP contribution is 2.27. The molecule has 0 atom stereocenters. The zero-order chi connectivity index (χ0) is 13.7. The molecule has 1 aliphatic rings. The van der Waals surface area contributed by atoms with Crippen LogP contribution >= 0.6 is 15.9 Å². The van der Waals surface area contributed by atoms with Crippen molar-refractivity contribution in [2.45, 2.75) is 12.8 Å². The summed E-state index contributed by atoms with van der Waals surface area (Å²) in [6.07, 6.45) is 2.37. The molecule has 0 unspecified atom stereocenters. The van der Waals surface area contributed by atoms with E-state index in [1.165, 1.54) is 12.8 Å². The standard InChI is InChI=1S/C13H16BrN3O2/c14-10-3-5-11(6-4-10)17-12(18)8-16-13(19)15-7-9-1-2-9/h3-6,9H,1-2,7-8H2,(H,17,18)(H2,15,16,19). The highest BCUT2D eigenvalue weighted by molar-refractivity contribution is 9.10. The van der Waals surface area contributed by atoms with Crippen molar-refractivity contribution in [2.75, 3.05) is 18.4 Å². The minimum Gasteiger partial charge on any atom is -0.338 e. The number of benzene rings is 1. The van der Waals surface area contributed by atoms with Gasteiger partial charge in [-0.25, -0.2) is 4.79 Å². The number of hydrogen-bond donors (Lipinski definition) is 3. The molecule has 0 aliphatic heterocycles. The second-order valence-corrected chi connectivity index (χ2v) is 5.48. The van der Waals surface area contributed by atoms with E-state index in [1.807, 2.05) is 12.1 Å². The highest BCUT2D eigenvalue weighted by atomic mass is 79.9. The Morgan fingerprint density at radius 1 is 1.16 bits per heavy atom. The lowest BCUT2D eigenvalue weighted by Crippen LogP contribution is -2.40. The van der Waals surface area contributed by atoms with E-state index >= 15 is 0 Å². The molecular formula is C13H16BrN3O2. The molecule has 5 nitrogen and oxygen atoms in total. The van der Waals surface area contributed by atoms with Crippen LogP contribution in [0.4, 0.5) is 10.5 Å². The van der Waals surface area contributed by atoms with E-state index in [9.17, 15) is 9.59 Å². The number of amides is 3. The van der Waals surface area contributed by atoms with Crippen molar-refractivity contribution in [3.05, 3.63) is 28.7 Å². The maximum Gasteiger partial charge on any atom is 0.315 e. The quantitative estimate of drug-likeness (QED) is 0.775. The average molecular weight is 326 g/mol. The van der Waals surface area contributed by atoms with Crippen LogP contribution < -0.4 is 16.0 Å². The molecule has 0 saturated heterocycles. The number of anilines is 1. The molecule has 0 aromatic heterocycles. The lowest BCUT2D eigenvalue weighted by atomic mass is 10.3. The van der Waals surface area contributed by atoms with Crippen molar-refractivity contribution in [3.63, 3.8) is 0 Å². The minimum absolute atomic E-state index is 0.0352. The van der Waals surface area contributed by atoms with E-state index in [1.54, 1.807) is 12.1 Å². The number of urea groups is 1. The molecule has 1 aliphatic carbocycles. The lowest BCUT2D eigenvalue weighted by molar-refractivity contribution is -0.115. The summed E-state index contributed by atoms with van der Waals surface area (Å²) < 4.78 is 0.947. The number of nitrogens with one attached hydrogen (secondary N) is 3. The van der Waals surface area contributed by atoms with Crippen LogP contribution in [0.1, 0.15) is 12.8 Å². The van der Waals surface area contributed by atoms with Gasteiger partial charge in [-0.3, -0.25) is 4.79 Å². The molecule has 1 aromatic carbocycles. The van der Waals surface area contributed by atoms with Crippen molar-refractivity contribution < 1.29 is 9.59 Å². The predicted molar refractivity (Wildman–Crippen MR) is 76.9 cm³/mol. The number of hydrogen-bond acceptors (Lipinski definition) is 2. The van der Waals surface area contributed by atoms with Crippen LogP contribution in [-0.2, 0) is 4.79 Å². The Morgan fingerprint density at radius 3 is 2.47 bits per heavy atom. The van der Waals surface area contributed by atoms with E-state index in [0.717, 1.165) is 4.47 Å². The molecule has 0 radical (unpaired) electrons. The average Bonchev–Trinajstić information content (AvgIpc) is 3.21. The molecule has 6 heteroatoms. The first-order chi connectivity index (χ1) is 9.13. The van der Waals surface area contributed by atoms with Crippen molar-refractivity contribution in [1.29, 1.82) is 0 Å². The van der Waals surface area contributed by atoms with E-state index in [2.05, 4.69) is 31.9 Å². The number of carbonyl (C=O) groups is 2. The van der Waals surface area contributed by atoms with Gasteiger partial charge in [0.05, 0.1) is 6.54 Å². The second kappa shape index (κ2) is 6.56. The molecule has 0 bridgehead atoms. The van der Waals surface area contributed by atoms with Crippen molar-refractivity contribution in [3.8, 4) is 0 Å². The molecule has 3 N–H and O–H groups in total. The van der Waals surface area contributed by atoms with Crippen molar-refractivity contribution in [1.82, 2.24) is 10.6 Å². The van der Waals surface area contributed by atoms with Gasteiger partial charge in [0.15, 0.2) is 0 Å². The second-order valence-electron chi connectivity index (χ2n) is 4.56. The van der Waals surface area contributed by atoms with Gasteiger partial charge < -0.3 is 16.0 Å². The molecule has 1 saturated carbocycles. The summed E-state index contributed by atoms with van der Waals surface area (Å²) in [5.74, 6) is 0.381. The summed E-state index contributed by atoms with van der Waals surface area (Å²) in [4.78, 5) is 23.0. The maximum absolute atomic E-state index is 11.6. The molecule has 3 amide bonds. The Hall–Kier alpha value is -1.56. The van der Waals surface area contributed by atoms with Crippen LogP contribution in [0, 0.1) is 5.92 Å². The van der Waals surface area contributed by atoms with Crippen LogP contribution in [0.25, 0.3) is 0 Å².